The van der Waals surface area contributed by atoms with Gasteiger partial charge in [0.25, 0.3) is 0 Å². The number of urea groups is 1. The molecule has 1 aliphatic rings. The second-order valence-corrected chi connectivity index (χ2v) is 5.03. The van der Waals surface area contributed by atoms with Crippen LogP contribution in [-0.4, -0.2) is 42.3 Å². The Balaban J connectivity index is 2.49. The summed E-state index contributed by atoms with van der Waals surface area (Å²) in [5, 5.41) is 14.0. The highest BCUT2D eigenvalue weighted by Crippen LogP contribution is 2.17. The summed E-state index contributed by atoms with van der Waals surface area (Å²) < 4.78 is 4.62. The zero-order valence-electron chi connectivity index (χ0n) is 11.8. The predicted octanol–water partition coefficient (Wildman–Crippen LogP) is 0.512. The van der Waals surface area contributed by atoms with Gasteiger partial charge in [-0.1, -0.05) is 26.0 Å². The molecule has 1 rings (SSSR count). The van der Waals surface area contributed by atoms with Crippen LogP contribution >= 0.6 is 0 Å². The minimum Gasteiger partial charge on any atom is -0.481 e. The molecule has 3 unspecified atom stereocenters. The molecule has 0 aromatic carbocycles. The minimum atomic E-state index is -0.916. The summed E-state index contributed by atoms with van der Waals surface area (Å²) in [5.41, 5.74) is 0. The van der Waals surface area contributed by atoms with Crippen LogP contribution in [0.15, 0.2) is 12.2 Å². The summed E-state index contributed by atoms with van der Waals surface area (Å²) >= 11 is 0. The first-order valence-corrected chi connectivity index (χ1v) is 6.41. The molecule has 0 saturated carbocycles. The van der Waals surface area contributed by atoms with Gasteiger partial charge in [-0.05, 0) is 12.3 Å². The molecule has 0 aliphatic heterocycles. The maximum Gasteiger partial charge on any atom is 0.328 e. The van der Waals surface area contributed by atoms with Crippen molar-refractivity contribution < 1.29 is 24.2 Å². The Labute approximate surface area is 117 Å². The maximum atomic E-state index is 11.8. The molecular weight excluding hydrogens is 264 g/mol. The van der Waals surface area contributed by atoms with E-state index in [9.17, 15) is 14.4 Å². The summed E-state index contributed by atoms with van der Waals surface area (Å²) in [6.07, 6.45) is 3.50. The van der Waals surface area contributed by atoms with Gasteiger partial charge in [0.15, 0.2) is 0 Å². The van der Waals surface area contributed by atoms with E-state index in [4.69, 9.17) is 5.11 Å². The van der Waals surface area contributed by atoms with Crippen molar-refractivity contribution in [2.75, 3.05) is 7.11 Å². The van der Waals surface area contributed by atoms with E-state index < -0.39 is 29.9 Å². The van der Waals surface area contributed by atoms with Gasteiger partial charge in [0, 0.05) is 0 Å². The average Bonchev–Trinajstić information content (AvgIpc) is 2.83. The number of esters is 1. The van der Waals surface area contributed by atoms with Crippen molar-refractivity contribution in [3.63, 3.8) is 0 Å². The molecule has 3 N–H and O–H groups in total. The highest BCUT2D eigenvalue weighted by Gasteiger charge is 2.28. The second-order valence-electron chi connectivity index (χ2n) is 5.03. The number of rotatable bonds is 5. The molecule has 0 fully saturated rings. The van der Waals surface area contributed by atoms with Gasteiger partial charge in [0.05, 0.1) is 19.1 Å². The molecule has 0 saturated heterocycles. The first-order chi connectivity index (χ1) is 9.35. The van der Waals surface area contributed by atoms with Crippen LogP contribution in [0.25, 0.3) is 0 Å². The molecule has 7 heteroatoms. The lowest BCUT2D eigenvalue weighted by atomic mass is 10.1. The average molecular weight is 284 g/mol. The third-order valence-electron chi connectivity index (χ3n) is 3.13. The minimum absolute atomic E-state index is 0.112. The number of carbonyl (C=O) groups excluding carboxylic acids is 2. The molecule has 3 atom stereocenters. The Morgan fingerprint density at radius 1 is 1.30 bits per heavy atom. The van der Waals surface area contributed by atoms with Crippen molar-refractivity contribution in [1.82, 2.24) is 10.6 Å². The van der Waals surface area contributed by atoms with E-state index >= 15 is 0 Å². The molecule has 0 spiro atoms. The van der Waals surface area contributed by atoms with E-state index in [0.29, 0.717) is 6.42 Å². The van der Waals surface area contributed by atoms with Crippen LogP contribution in [-0.2, 0) is 14.3 Å². The fraction of sp³-hybridized carbons (Fsp3) is 0.615. The summed E-state index contributed by atoms with van der Waals surface area (Å²) in [5.74, 6) is -2.12. The van der Waals surface area contributed by atoms with Crippen molar-refractivity contribution in [2.24, 2.45) is 11.8 Å². The van der Waals surface area contributed by atoms with Crippen LogP contribution in [0, 0.1) is 11.8 Å². The quantitative estimate of drug-likeness (QED) is 0.504. The Kier molecular flexibility index (Phi) is 5.54. The molecule has 7 nitrogen and oxygen atoms in total. The molecule has 0 aromatic rings. The van der Waals surface area contributed by atoms with Crippen molar-refractivity contribution in [3.8, 4) is 0 Å². The van der Waals surface area contributed by atoms with Crippen LogP contribution in [0.5, 0.6) is 0 Å². The van der Waals surface area contributed by atoms with Gasteiger partial charge >= 0.3 is 18.0 Å². The summed E-state index contributed by atoms with van der Waals surface area (Å²) in [6, 6.07) is -1.60. The highest BCUT2D eigenvalue weighted by atomic mass is 16.5. The molecule has 0 aromatic heterocycles. The molecule has 0 bridgehead atoms. The fourth-order valence-electron chi connectivity index (χ4n) is 1.97. The molecular formula is C13H20N2O5. The van der Waals surface area contributed by atoms with E-state index in [-0.39, 0.29) is 12.0 Å². The van der Waals surface area contributed by atoms with Crippen molar-refractivity contribution >= 4 is 18.0 Å². The van der Waals surface area contributed by atoms with Crippen LogP contribution < -0.4 is 10.6 Å². The zero-order chi connectivity index (χ0) is 15.3. The van der Waals surface area contributed by atoms with Gasteiger partial charge in [0.2, 0.25) is 0 Å². The van der Waals surface area contributed by atoms with E-state index in [1.54, 1.807) is 26.0 Å². The smallest absolute Gasteiger partial charge is 0.328 e. The summed E-state index contributed by atoms with van der Waals surface area (Å²) in [4.78, 5) is 34.1. The topological polar surface area (TPSA) is 105 Å². The molecule has 0 heterocycles. The first-order valence-electron chi connectivity index (χ1n) is 6.41. The van der Waals surface area contributed by atoms with Gasteiger partial charge in [-0.3, -0.25) is 4.79 Å². The van der Waals surface area contributed by atoms with Crippen LogP contribution in [0.3, 0.4) is 0 Å². The van der Waals surface area contributed by atoms with Crippen LogP contribution in [0.4, 0.5) is 4.79 Å². The molecule has 2 amide bonds. The van der Waals surface area contributed by atoms with Crippen LogP contribution in [0.1, 0.15) is 20.3 Å². The van der Waals surface area contributed by atoms with Crippen LogP contribution in [0.2, 0.25) is 0 Å². The lowest BCUT2D eigenvalue weighted by Crippen LogP contribution is -2.51. The highest BCUT2D eigenvalue weighted by molar-refractivity contribution is 5.84. The summed E-state index contributed by atoms with van der Waals surface area (Å²) in [6.45, 7) is 3.58. The monoisotopic (exact) mass is 284 g/mol. The zero-order valence-corrected chi connectivity index (χ0v) is 11.8. The van der Waals surface area contributed by atoms with E-state index in [1.807, 2.05) is 0 Å². The van der Waals surface area contributed by atoms with Gasteiger partial charge in [-0.2, -0.15) is 0 Å². The lowest BCUT2D eigenvalue weighted by molar-refractivity contribution is -0.144. The van der Waals surface area contributed by atoms with Crippen molar-refractivity contribution in [1.29, 1.82) is 0 Å². The largest absolute Gasteiger partial charge is 0.481 e. The number of hydrogen-bond acceptors (Lipinski definition) is 4. The normalized spacial score (nSPS) is 22.4. The number of aliphatic carboxylic acids is 1. The number of carbonyl (C=O) groups is 3. The molecule has 20 heavy (non-hydrogen) atoms. The Morgan fingerprint density at radius 2 is 1.95 bits per heavy atom. The molecule has 0 radical (unpaired) electrons. The van der Waals surface area contributed by atoms with E-state index in [2.05, 4.69) is 15.4 Å². The summed E-state index contributed by atoms with van der Waals surface area (Å²) in [7, 11) is 1.26. The Morgan fingerprint density at radius 3 is 2.40 bits per heavy atom. The number of hydrogen-bond donors (Lipinski definition) is 3. The van der Waals surface area contributed by atoms with Gasteiger partial charge in [0.1, 0.15) is 6.04 Å². The number of ether oxygens (including phenoxy) is 1. The standard InChI is InChI=1S/C13H20N2O5/c1-7(2)10(12(18)20-3)15-13(19)14-9-5-4-8(6-9)11(16)17/h4-5,7-10H,6H2,1-3H3,(H,16,17)(H2,14,15,19). The number of carboxylic acid groups (broad SMARTS) is 1. The first kappa shape index (κ1) is 16.0. The number of carboxylic acids is 1. The van der Waals surface area contributed by atoms with Gasteiger partial charge < -0.3 is 20.5 Å². The third kappa shape index (κ3) is 4.25. The molecule has 1 aliphatic carbocycles. The maximum absolute atomic E-state index is 11.8. The third-order valence-corrected chi connectivity index (χ3v) is 3.13. The Hall–Kier alpha value is -2.05. The number of amides is 2. The molecule has 112 valence electrons. The second kappa shape index (κ2) is 6.93. The van der Waals surface area contributed by atoms with E-state index in [0.717, 1.165) is 0 Å². The van der Waals surface area contributed by atoms with Gasteiger partial charge in [-0.25, -0.2) is 9.59 Å². The van der Waals surface area contributed by atoms with Crippen molar-refractivity contribution in [2.45, 2.75) is 32.4 Å². The predicted molar refractivity (Wildman–Crippen MR) is 71.0 cm³/mol. The lowest BCUT2D eigenvalue weighted by Gasteiger charge is -2.21. The van der Waals surface area contributed by atoms with E-state index in [1.165, 1.54) is 7.11 Å². The number of nitrogens with one attached hydrogen (secondary N) is 2. The van der Waals surface area contributed by atoms with Gasteiger partial charge in [-0.15, -0.1) is 0 Å². The van der Waals surface area contributed by atoms with Crippen molar-refractivity contribution in [3.05, 3.63) is 12.2 Å². The number of methoxy groups -OCH3 is 1. The SMILES string of the molecule is COC(=O)C(NC(=O)NC1C=CC(C(=O)O)C1)C(C)C. The fourth-order valence-corrected chi connectivity index (χ4v) is 1.97. The Bertz CT molecular complexity index is 419.